The molecule has 0 saturated carbocycles. The second kappa shape index (κ2) is 7.76. The lowest BCUT2D eigenvalue weighted by molar-refractivity contribution is 0.0740. The average Bonchev–Trinajstić information content (AvgIpc) is 3.32. The van der Waals surface area contributed by atoms with Crippen LogP contribution in [0.2, 0.25) is 5.02 Å². The van der Waals surface area contributed by atoms with Gasteiger partial charge in [0.1, 0.15) is 17.7 Å². The molecule has 9 heteroatoms. The first-order valence-corrected chi connectivity index (χ1v) is 10.8. The van der Waals surface area contributed by atoms with Gasteiger partial charge < -0.3 is 15.0 Å². The molecule has 0 radical (unpaired) electrons. The van der Waals surface area contributed by atoms with Crippen molar-refractivity contribution in [1.29, 1.82) is 0 Å². The number of halogens is 2. The molecule has 1 unspecified atom stereocenters. The first kappa shape index (κ1) is 20.2. The molecule has 0 bridgehead atoms. The van der Waals surface area contributed by atoms with Gasteiger partial charge in [0.25, 0.3) is 5.91 Å². The summed E-state index contributed by atoms with van der Waals surface area (Å²) >= 11 is 6.31. The molecular formula is C22H23ClFN5O2. The Bertz CT molecular complexity index is 1190. The first-order chi connectivity index (χ1) is 14.9. The van der Waals surface area contributed by atoms with E-state index in [0.29, 0.717) is 35.9 Å². The zero-order valence-corrected chi connectivity index (χ0v) is 18.2. The predicted molar refractivity (Wildman–Crippen MR) is 114 cm³/mol. The van der Waals surface area contributed by atoms with Crippen molar-refractivity contribution in [2.45, 2.75) is 45.9 Å². The van der Waals surface area contributed by atoms with Gasteiger partial charge in [-0.25, -0.2) is 13.9 Å². The molecule has 7 nitrogen and oxygen atoms in total. The fourth-order valence-corrected chi connectivity index (χ4v) is 4.42. The maximum atomic E-state index is 13.9. The maximum Gasteiger partial charge on any atom is 0.258 e. The van der Waals surface area contributed by atoms with E-state index in [1.165, 1.54) is 18.2 Å². The smallest absolute Gasteiger partial charge is 0.258 e. The van der Waals surface area contributed by atoms with Gasteiger partial charge in [-0.2, -0.15) is 5.10 Å². The van der Waals surface area contributed by atoms with Crippen molar-refractivity contribution in [2.24, 2.45) is 0 Å². The number of nitrogens with zero attached hydrogens (tertiary/aromatic N) is 4. The molecule has 0 aliphatic carbocycles. The topological polar surface area (TPSA) is 71.8 Å². The van der Waals surface area contributed by atoms with Crippen molar-refractivity contribution >= 4 is 23.2 Å². The fourth-order valence-electron chi connectivity index (χ4n) is 4.30. The molecule has 4 heterocycles. The van der Waals surface area contributed by atoms with Crippen molar-refractivity contribution in [3.63, 3.8) is 0 Å². The minimum Gasteiger partial charge on any atom is -0.488 e. The Balaban J connectivity index is 1.43. The van der Waals surface area contributed by atoms with Crippen LogP contribution in [0.4, 0.5) is 4.39 Å². The number of aryl methyl sites for hydroxylation is 2. The lowest BCUT2D eigenvalue weighted by atomic mass is 10.1. The lowest BCUT2D eigenvalue weighted by Crippen LogP contribution is -2.37. The minimum absolute atomic E-state index is 0.0815. The highest BCUT2D eigenvalue weighted by atomic mass is 35.5. The Morgan fingerprint density at radius 2 is 2.16 bits per heavy atom. The third-order valence-electron chi connectivity index (χ3n) is 5.96. The first-order valence-electron chi connectivity index (χ1n) is 10.4. The molecule has 31 heavy (non-hydrogen) atoms. The van der Waals surface area contributed by atoms with Crippen molar-refractivity contribution in [3.05, 3.63) is 57.2 Å². The van der Waals surface area contributed by atoms with E-state index in [1.54, 1.807) is 9.42 Å². The molecule has 1 amide bonds. The van der Waals surface area contributed by atoms with Gasteiger partial charge in [0.05, 0.1) is 40.8 Å². The van der Waals surface area contributed by atoms with E-state index < -0.39 is 5.82 Å². The molecule has 3 aromatic rings. The average molecular weight is 444 g/mol. The molecule has 1 aromatic carbocycles. The van der Waals surface area contributed by atoms with Crippen molar-refractivity contribution in [1.82, 2.24) is 24.8 Å². The zero-order valence-electron chi connectivity index (χ0n) is 17.4. The summed E-state index contributed by atoms with van der Waals surface area (Å²) in [6.07, 6.45) is 1.78. The van der Waals surface area contributed by atoms with Crippen LogP contribution in [0.5, 0.6) is 5.75 Å². The molecule has 162 valence electrons. The predicted octanol–water partition coefficient (Wildman–Crippen LogP) is 3.43. The molecule has 2 aromatic heterocycles. The summed E-state index contributed by atoms with van der Waals surface area (Å²) in [5.74, 6) is -0.351. The molecular weight excluding hydrogens is 421 g/mol. The van der Waals surface area contributed by atoms with Crippen LogP contribution in [-0.2, 0) is 13.1 Å². The Morgan fingerprint density at radius 1 is 1.32 bits per heavy atom. The lowest BCUT2D eigenvalue weighted by Gasteiger charge is -2.26. The van der Waals surface area contributed by atoms with E-state index in [1.807, 2.05) is 13.8 Å². The summed E-state index contributed by atoms with van der Waals surface area (Å²) in [5.41, 5.74) is 4.34. The number of piperidine rings is 1. The number of fused-ring (bicyclic) bond motifs is 3. The monoisotopic (exact) mass is 443 g/mol. The van der Waals surface area contributed by atoms with Crippen LogP contribution in [0.3, 0.4) is 0 Å². The quantitative estimate of drug-likeness (QED) is 0.671. The Kier molecular flexibility index (Phi) is 5.06. The number of amides is 1. The molecule has 1 saturated heterocycles. The van der Waals surface area contributed by atoms with E-state index in [9.17, 15) is 9.18 Å². The summed E-state index contributed by atoms with van der Waals surface area (Å²) < 4.78 is 21.7. The number of carbonyl (C=O) groups is 1. The van der Waals surface area contributed by atoms with Gasteiger partial charge >= 0.3 is 0 Å². The number of benzene rings is 1. The van der Waals surface area contributed by atoms with Crippen molar-refractivity contribution in [2.75, 3.05) is 13.1 Å². The number of nitrogens with one attached hydrogen (secondary N) is 1. The number of rotatable bonds is 3. The third-order valence-corrected chi connectivity index (χ3v) is 6.51. The zero-order chi connectivity index (χ0) is 21.7. The number of aromatic nitrogens is 3. The highest BCUT2D eigenvalue weighted by Gasteiger charge is 2.32. The van der Waals surface area contributed by atoms with Crippen LogP contribution in [0.1, 0.15) is 45.8 Å². The van der Waals surface area contributed by atoms with E-state index >= 15 is 0 Å². The van der Waals surface area contributed by atoms with E-state index in [2.05, 4.69) is 15.4 Å². The number of carbonyl (C=O) groups excluding carboxylic acids is 1. The van der Waals surface area contributed by atoms with Crippen LogP contribution in [0.25, 0.3) is 5.65 Å². The molecule has 1 fully saturated rings. The summed E-state index contributed by atoms with van der Waals surface area (Å²) in [4.78, 5) is 19.6. The van der Waals surface area contributed by atoms with Gasteiger partial charge in [0.2, 0.25) is 0 Å². The molecule has 2 aliphatic rings. The van der Waals surface area contributed by atoms with Crippen LogP contribution in [0, 0.1) is 19.7 Å². The van der Waals surface area contributed by atoms with Gasteiger partial charge in [-0.15, -0.1) is 0 Å². The van der Waals surface area contributed by atoms with Crippen LogP contribution in [0.15, 0.2) is 18.2 Å². The van der Waals surface area contributed by atoms with Gasteiger partial charge in [-0.3, -0.25) is 4.79 Å². The largest absolute Gasteiger partial charge is 0.488 e. The van der Waals surface area contributed by atoms with E-state index in [-0.39, 0.29) is 17.8 Å². The summed E-state index contributed by atoms with van der Waals surface area (Å²) in [6.45, 7) is 6.12. The molecule has 5 rings (SSSR count). The molecule has 1 N–H and O–H groups in total. The second-order valence-electron chi connectivity index (χ2n) is 8.15. The van der Waals surface area contributed by atoms with E-state index in [4.69, 9.17) is 16.3 Å². The van der Waals surface area contributed by atoms with Crippen molar-refractivity contribution < 1.29 is 13.9 Å². The van der Waals surface area contributed by atoms with Crippen LogP contribution >= 0.6 is 11.6 Å². The normalized spacial score (nSPS) is 18.5. The van der Waals surface area contributed by atoms with Crippen LogP contribution < -0.4 is 10.1 Å². The van der Waals surface area contributed by atoms with Gasteiger partial charge in [-0.05, 0) is 45.4 Å². The SMILES string of the molecule is Cc1nc2c3c(nn2c(C)c1Cl)CN(C(=O)c1ccc(F)cc1OC1CCCNC1)C3. The van der Waals surface area contributed by atoms with Crippen LogP contribution in [-0.4, -0.2) is 44.6 Å². The van der Waals surface area contributed by atoms with Gasteiger partial charge in [-0.1, -0.05) is 11.6 Å². The molecule has 0 spiro atoms. The number of hydrogen-bond donors (Lipinski definition) is 1. The molecule has 2 aliphatic heterocycles. The standard InChI is InChI=1S/C22H23ClFN5O2/c1-12-20(23)13(2)29-21(26-12)17-10-28(11-18(17)27-29)22(30)16-6-5-14(24)8-19(16)31-15-4-3-7-25-9-15/h5-6,8,15,25H,3-4,7,9-11H2,1-2H3. The Hall–Kier alpha value is -2.71. The highest BCUT2D eigenvalue weighted by molar-refractivity contribution is 6.31. The Morgan fingerprint density at radius 3 is 2.94 bits per heavy atom. The van der Waals surface area contributed by atoms with Gasteiger partial charge in [0, 0.05) is 18.2 Å². The number of hydrogen-bond acceptors (Lipinski definition) is 5. The van der Waals surface area contributed by atoms with Gasteiger partial charge in [0.15, 0.2) is 5.65 Å². The summed E-state index contributed by atoms with van der Waals surface area (Å²) in [7, 11) is 0. The fraction of sp³-hybridized carbons (Fsp3) is 0.409. The number of ether oxygens (including phenoxy) is 1. The highest BCUT2D eigenvalue weighted by Crippen LogP contribution is 2.32. The maximum absolute atomic E-state index is 13.9. The molecule has 1 atom stereocenters. The van der Waals surface area contributed by atoms with E-state index in [0.717, 1.165) is 42.0 Å². The minimum atomic E-state index is -0.426. The second-order valence-corrected chi connectivity index (χ2v) is 8.52. The van der Waals surface area contributed by atoms with Crippen molar-refractivity contribution in [3.8, 4) is 5.75 Å². The Labute approximate surface area is 184 Å². The summed E-state index contributed by atoms with van der Waals surface area (Å²) in [5, 5.41) is 8.49. The third kappa shape index (κ3) is 3.53. The summed E-state index contributed by atoms with van der Waals surface area (Å²) in [6, 6.07) is 4.09.